The summed E-state index contributed by atoms with van der Waals surface area (Å²) in [5.74, 6) is 1.46. The van der Waals surface area contributed by atoms with Gasteiger partial charge in [-0.25, -0.2) is 0 Å². The zero-order chi connectivity index (χ0) is 13.3. The highest BCUT2D eigenvalue weighted by atomic mass is 79.9. The van der Waals surface area contributed by atoms with Gasteiger partial charge in [-0.15, -0.1) is 0 Å². The van der Waals surface area contributed by atoms with Crippen molar-refractivity contribution in [2.24, 2.45) is 17.6 Å². The first-order valence-electron chi connectivity index (χ1n) is 6.42. The summed E-state index contributed by atoms with van der Waals surface area (Å²) in [7, 11) is 0. The van der Waals surface area contributed by atoms with E-state index >= 15 is 0 Å². The van der Waals surface area contributed by atoms with E-state index in [-0.39, 0.29) is 6.04 Å². The second-order valence-corrected chi connectivity index (χ2v) is 6.65. The monoisotopic (exact) mass is 330 g/mol. The van der Waals surface area contributed by atoms with E-state index in [2.05, 4.69) is 40.7 Å². The smallest absolute Gasteiger partial charge is 0.0485 e. The van der Waals surface area contributed by atoms with Gasteiger partial charge >= 0.3 is 0 Å². The van der Waals surface area contributed by atoms with Gasteiger partial charge in [0.05, 0.1) is 0 Å². The zero-order valence-electron chi connectivity index (χ0n) is 10.9. The number of nitrogens with two attached hydrogens (primary N) is 1. The van der Waals surface area contributed by atoms with Crippen molar-refractivity contribution in [1.82, 2.24) is 4.90 Å². The van der Waals surface area contributed by atoms with Crippen LogP contribution in [0.4, 0.5) is 0 Å². The van der Waals surface area contributed by atoms with E-state index in [1.54, 1.807) is 0 Å². The minimum absolute atomic E-state index is 0.234. The molecular weight excluding hydrogens is 312 g/mol. The Labute approximate surface area is 123 Å². The Morgan fingerprint density at radius 2 is 2.00 bits per heavy atom. The molecule has 3 atom stereocenters. The van der Waals surface area contributed by atoms with Crippen LogP contribution < -0.4 is 5.73 Å². The molecule has 0 radical (unpaired) electrons. The molecule has 1 aromatic rings. The van der Waals surface area contributed by atoms with Crippen molar-refractivity contribution in [3.8, 4) is 0 Å². The highest BCUT2D eigenvalue weighted by molar-refractivity contribution is 9.10. The summed E-state index contributed by atoms with van der Waals surface area (Å²) >= 11 is 9.78. The van der Waals surface area contributed by atoms with Crippen LogP contribution in [-0.2, 0) is 0 Å². The maximum Gasteiger partial charge on any atom is 0.0485 e. The van der Waals surface area contributed by atoms with Gasteiger partial charge in [0.1, 0.15) is 0 Å². The molecule has 4 heteroatoms. The minimum atomic E-state index is 0.234. The van der Waals surface area contributed by atoms with Crippen molar-refractivity contribution in [2.75, 3.05) is 19.6 Å². The number of hydrogen-bond donors (Lipinski definition) is 1. The van der Waals surface area contributed by atoms with Crippen molar-refractivity contribution in [3.63, 3.8) is 0 Å². The summed E-state index contributed by atoms with van der Waals surface area (Å²) in [6.45, 7) is 7.44. The van der Waals surface area contributed by atoms with Gasteiger partial charge in [0.2, 0.25) is 0 Å². The summed E-state index contributed by atoms with van der Waals surface area (Å²) < 4.78 is 1.01. The molecule has 0 spiro atoms. The van der Waals surface area contributed by atoms with Gasteiger partial charge < -0.3 is 5.73 Å². The third kappa shape index (κ3) is 2.90. The van der Waals surface area contributed by atoms with Crippen molar-refractivity contribution in [2.45, 2.75) is 19.9 Å². The molecular formula is C14H20BrClN2. The first kappa shape index (κ1) is 14.3. The van der Waals surface area contributed by atoms with Gasteiger partial charge in [0, 0.05) is 35.2 Å². The second kappa shape index (κ2) is 5.91. The van der Waals surface area contributed by atoms with Crippen LogP contribution >= 0.6 is 27.5 Å². The number of likely N-dealkylation sites (tertiary alicyclic amines) is 1. The molecule has 18 heavy (non-hydrogen) atoms. The van der Waals surface area contributed by atoms with Crippen LogP contribution in [0.1, 0.15) is 25.5 Å². The van der Waals surface area contributed by atoms with E-state index in [9.17, 15) is 0 Å². The van der Waals surface area contributed by atoms with E-state index < -0.39 is 0 Å². The third-order valence-corrected chi connectivity index (χ3v) is 4.82. The molecule has 1 heterocycles. The number of rotatable bonds is 3. The maximum atomic E-state index is 6.34. The molecule has 100 valence electrons. The van der Waals surface area contributed by atoms with E-state index in [0.717, 1.165) is 40.0 Å². The Bertz CT molecular complexity index is 414. The van der Waals surface area contributed by atoms with Gasteiger partial charge in [-0.1, -0.05) is 47.4 Å². The largest absolute Gasteiger partial charge is 0.329 e. The molecule has 0 aliphatic carbocycles. The van der Waals surface area contributed by atoms with Crippen LogP contribution in [-0.4, -0.2) is 24.5 Å². The Kier molecular flexibility index (Phi) is 4.70. The molecule has 1 aromatic carbocycles. The quantitative estimate of drug-likeness (QED) is 0.915. The fraction of sp³-hybridized carbons (Fsp3) is 0.571. The second-order valence-electron chi connectivity index (χ2n) is 5.33. The molecule has 3 unspecified atom stereocenters. The molecule has 0 saturated carbocycles. The molecule has 1 fully saturated rings. The van der Waals surface area contributed by atoms with Gasteiger partial charge in [0.25, 0.3) is 0 Å². The van der Waals surface area contributed by atoms with Crippen molar-refractivity contribution >= 4 is 27.5 Å². The van der Waals surface area contributed by atoms with Crippen molar-refractivity contribution in [3.05, 3.63) is 33.3 Å². The van der Waals surface area contributed by atoms with Gasteiger partial charge in [-0.05, 0) is 29.5 Å². The van der Waals surface area contributed by atoms with Crippen LogP contribution in [0.5, 0.6) is 0 Å². The Morgan fingerprint density at radius 3 is 2.50 bits per heavy atom. The lowest BCUT2D eigenvalue weighted by Crippen LogP contribution is -2.32. The minimum Gasteiger partial charge on any atom is -0.329 e. The van der Waals surface area contributed by atoms with Gasteiger partial charge in [-0.2, -0.15) is 0 Å². The Hall–Kier alpha value is -0.0900. The lowest BCUT2D eigenvalue weighted by Gasteiger charge is -2.28. The van der Waals surface area contributed by atoms with Crippen LogP contribution in [0.25, 0.3) is 0 Å². The number of hydrogen-bond acceptors (Lipinski definition) is 2. The molecule has 1 aliphatic heterocycles. The number of benzene rings is 1. The number of nitrogens with zero attached hydrogens (tertiary/aromatic N) is 1. The molecule has 2 rings (SSSR count). The highest BCUT2D eigenvalue weighted by Crippen LogP contribution is 2.34. The van der Waals surface area contributed by atoms with Crippen LogP contribution in [0.15, 0.2) is 22.7 Å². The SMILES string of the molecule is CC1CN(C(CN)c2ccc(Br)cc2Cl)CC1C. The van der Waals surface area contributed by atoms with Crippen LogP contribution in [0.2, 0.25) is 5.02 Å². The molecule has 0 amide bonds. The van der Waals surface area contributed by atoms with Gasteiger partial charge in [0.15, 0.2) is 0 Å². The summed E-state index contributed by atoms with van der Waals surface area (Å²) in [4.78, 5) is 2.46. The molecule has 2 N–H and O–H groups in total. The average molecular weight is 332 g/mol. The number of halogens is 2. The van der Waals surface area contributed by atoms with Crippen molar-refractivity contribution < 1.29 is 0 Å². The predicted octanol–water partition coefficient (Wildman–Crippen LogP) is 3.69. The van der Waals surface area contributed by atoms with Crippen LogP contribution in [0.3, 0.4) is 0 Å². The average Bonchev–Trinajstić information content (AvgIpc) is 2.63. The van der Waals surface area contributed by atoms with Crippen LogP contribution in [0, 0.1) is 11.8 Å². The summed E-state index contributed by atoms with van der Waals surface area (Å²) in [5, 5.41) is 0.798. The molecule has 0 aromatic heterocycles. The zero-order valence-corrected chi connectivity index (χ0v) is 13.2. The maximum absolute atomic E-state index is 6.34. The van der Waals surface area contributed by atoms with Gasteiger partial charge in [-0.3, -0.25) is 4.90 Å². The fourth-order valence-electron chi connectivity index (χ4n) is 2.67. The van der Waals surface area contributed by atoms with E-state index in [1.807, 2.05) is 12.1 Å². The van der Waals surface area contributed by atoms with Crippen molar-refractivity contribution in [1.29, 1.82) is 0 Å². The summed E-state index contributed by atoms with van der Waals surface area (Å²) in [5.41, 5.74) is 7.11. The molecule has 2 nitrogen and oxygen atoms in total. The predicted molar refractivity (Wildman–Crippen MR) is 80.8 cm³/mol. The summed E-state index contributed by atoms with van der Waals surface area (Å²) in [6, 6.07) is 6.30. The molecule has 1 saturated heterocycles. The van der Waals surface area contributed by atoms with E-state index in [1.165, 1.54) is 0 Å². The summed E-state index contributed by atoms with van der Waals surface area (Å²) in [6.07, 6.45) is 0. The lowest BCUT2D eigenvalue weighted by atomic mass is 10.0. The van der Waals surface area contributed by atoms with E-state index in [0.29, 0.717) is 6.54 Å². The highest BCUT2D eigenvalue weighted by Gasteiger charge is 2.31. The first-order chi connectivity index (χ1) is 8.52. The Balaban J connectivity index is 2.23. The lowest BCUT2D eigenvalue weighted by molar-refractivity contribution is 0.240. The normalized spacial score (nSPS) is 26.5. The molecule has 0 bridgehead atoms. The first-order valence-corrected chi connectivity index (χ1v) is 7.59. The Morgan fingerprint density at radius 1 is 1.39 bits per heavy atom. The third-order valence-electron chi connectivity index (χ3n) is 4.00. The fourth-order valence-corrected chi connectivity index (χ4v) is 3.47. The molecule has 1 aliphatic rings. The van der Waals surface area contributed by atoms with E-state index in [4.69, 9.17) is 17.3 Å². The standard InChI is InChI=1S/C14H20BrClN2/c1-9-7-18(8-10(9)2)14(6-17)12-4-3-11(15)5-13(12)16/h3-5,9-10,14H,6-8,17H2,1-2H3. The topological polar surface area (TPSA) is 29.3 Å².